The van der Waals surface area contributed by atoms with E-state index in [1.54, 1.807) is 12.4 Å². The number of carbonyl (C=O) groups excluding carboxylic acids is 2. The molecule has 0 bridgehead atoms. The van der Waals surface area contributed by atoms with E-state index in [1.807, 2.05) is 55.0 Å². The van der Waals surface area contributed by atoms with E-state index in [9.17, 15) is 9.59 Å². The van der Waals surface area contributed by atoms with Crippen molar-refractivity contribution < 1.29 is 9.59 Å². The highest BCUT2D eigenvalue weighted by atomic mass is 16.2. The molecule has 2 aliphatic rings. The molecule has 2 saturated heterocycles. The van der Waals surface area contributed by atoms with E-state index in [1.165, 1.54) is 0 Å². The Morgan fingerprint density at radius 1 is 1.14 bits per heavy atom. The van der Waals surface area contributed by atoms with Gasteiger partial charge in [0.15, 0.2) is 0 Å². The molecule has 4 rings (SSSR count). The summed E-state index contributed by atoms with van der Waals surface area (Å²) in [5.41, 5.74) is 3.53. The Morgan fingerprint density at radius 3 is 2.57 bits per heavy atom. The van der Waals surface area contributed by atoms with Crippen LogP contribution in [0.2, 0.25) is 0 Å². The summed E-state index contributed by atoms with van der Waals surface area (Å²) in [6.45, 7) is 6.28. The summed E-state index contributed by atoms with van der Waals surface area (Å²) in [5.74, 6) is 0.141. The standard InChI is InChI=1S/C22H26N4O2/c1-16-9-17(2)11-18(10-16)21(28)25-8-6-22(14-25)15-26(20(27)13-24(22)3)19-5-4-7-23-12-19/h4-5,7,9-12H,6,8,13-15H2,1-3H3/t22-/m0/s1. The zero-order valence-electron chi connectivity index (χ0n) is 16.7. The van der Waals surface area contributed by atoms with Gasteiger partial charge in [0.1, 0.15) is 0 Å². The summed E-state index contributed by atoms with van der Waals surface area (Å²) in [5, 5.41) is 0. The minimum Gasteiger partial charge on any atom is -0.337 e. The highest BCUT2D eigenvalue weighted by Gasteiger charge is 2.48. The molecule has 2 aromatic rings. The number of hydrogen-bond donors (Lipinski definition) is 0. The number of likely N-dealkylation sites (N-methyl/N-ethyl adjacent to an activating group) is 1. The molecule has 0 radical (unpaired) electrons. The fourth-order valence-electron chi connectivity index (χ4n) is 4.46. The van der Waals surface area contributed by atoms with Gasteiger partial charge in [0.2, 0.25) is 5.91 Å². The van der Waals surface area contributed by atoms with Gasteiger partial charge < -0.3 is 9.80 Å². The first kappa shape index (κ1) is 18.6. The van der Waals surface area contributed by atoms with E-state index in [2.05, 4.69) is 16.0 Å². The second-order valence-corrected chi connectivity index (χ2v) is 8.12. The lowest BCUT2D eigenvalue weighted by atomic mass is 9.92. The first-order chi connectivity index (χ1) is 13.4. The Balaban J connectivity index is 1.57. The number of piperazine rings is 1. The molecule has 0 saturated carbocycles. The zero-order valence-corrected chi connectivity index (χ0v) is 16.7. The van der Waals surface area contributed by atoms with Gasteiger partial charge in [0.05, 0.1) is 24.0 Å². The molecule has 6 heteroatoms. The van der Waals surface area contributed by atoms with Crippen molar-refractivity contribution in [2.45, 2.75) is 25.8 Å². The Labute approximate surface area is 165 Å². The fraction of sp³-hybridized carbons (Fsp3) is 0.409. The third kappa shape index (κ3) is 3.29. The minimum atomic E-state index is -0.224. The van der Waals surface area contributed by atoms with Crippen molar-refractivity contribution in [1.82, 2.24) is 14.8 Å². The molecule has 2 aliphatic heterocycles. The first-order valence-corrected chi connectivity index (χ1v) is 9.67. The van der Waals surface area contributed by atoms with Crippen molar-refractivity contribution in [3.63, 3.8) is 0 Å². The molecule has 1 spiro atoms. The van der Waals surface area contributed by atoms with Gasteiger partial charge in [0, 0.05) is 31.4 Å². The van der Waals surface area contributed by atoms with Crippen LogP contribution < -0.4 is 4.90 Å². The third-order valence-electron chi connectivity index (χ3n) is 5.98. The molecular weight excluding hydrogens is 352 g/mol. The van der Waals surface area contributed by atoms with Crippen LogP contribution in [0, 0.1) is 13.8 Å². The van der Waals surface area contributed by atoms with Crippen LogP contribution in [0.4, 0.5) is 5.69 Å². The molecule has 0 N–H and O–H groups in total. The van der Waals surface area contributed by atoms with Crippen molar-refractivity contribution in [2.75, 3.05) is 38.1 Å². The van der Waals surface area contributed by atoms with Crippen LogP contribution in [-0.2, 0) is 4.79 Å². The van der Waals surface area contributed by atoms with Gasteiger partial charge in [-0.1, -0.05) is 17.2 Å². The molecular formula is C22H26N4O2. The van der Waals surface area contributed by atoms with Gasteiger partial charge in [-0.15, -0.1) is 0 Å². The van der Waals surface area contributed by atoms with E-state index in [0.29, 0.717) is 26.2 Å². The Bertz CT molecular complexity index is 894. The van der Waals surface area contributed by atoms with Crippen molar-refractivity contribution in [2.24, 2.45) is 0 Å². The summed E-state index contributed by atoms with van der Waals surface area (Å²) in [6.07, 6.45) is 4.29. The van der Waals surface area contributed by atoms with Gasteiger partial charge in [-0.05, 0) is 51.6 Å². The number of pyridine rings is 1. The molecule has 3 heterocycles. The highest BCUT2D eigenvalue weighted by molar-refractivity contribution is 5.97. The second kappa shape index (κ2) is 7.02. The lowest BCUT2D eigenvalue weighted by molar-refractivity contribution is -0.123. The number of amides is 2. The molecule has 1 atom stereocenters. The van der Waals surface area contributed by atoms with Crippen LogP contribution in [0.15, 0.2) is 42.7 Å². The van der Waals surface area contributed by atoms with E-state index < -0.39 is 0 Å². The molecule has 1 aromatic carbocycles. The van der Waals surface area contributed by atoms with Crippen LogP contribution >= 0.6 is 0 Å². The van der Waals surface area contributed by atoms with Gasteiger partial charge in [0.25, 0.3) is 5.91 Å². The maximum atomic E-state index is 13.1. The van der Waals surface area contributed by atoms with Gasteiger partial charge in [-0.25, -0.2) is 0 Å². The van der Waals surface area contributed by atoms with E-state index in [-0.39, 0.29) is 17.4 Å². The van der Waals surface area contributed by atoms with Crippen molar-refractivity contribution in [1.29, 1.82) is 0 Å². The summed E-state index contributed by atoms with van der Waals surface area (Å²) in [6, 6.07) is 9.75. The average Bonchev–Trinajstić information content (AvgIpc) is 3.09. The first-order valence-electron chi connectivity index (χ1n) is 9.67. The lowest BCUT2D eigenvalue weighted by Crippen LogP contribution is -2.64. The van der Waals surface area contributed by atoms with Crippen LogP contribution in [0.5, 0.6) is 0 Å². The van der Waals surface area contributed by atoms with Crippen LogP contribution in [-0.4, -0.2) is 65.4 Å². The van der Waals surface area contributed by atoms with Crippen molar-refractivity contribution in [3.8, 4) is 0 Å². The molecule has 0 aliphatic carbocycles. The number of benzene rings is 1. The maximum Gasteiger partial charge on any atom is 0.253 e. The predicted molar refractivity (Wildman–Crippen MR) is 108 cm³/mol. The number of likely N-dealkylation sites (tertiary alicyclic amines) is 1. The van der Waals surface area contributed by atoms with E-state index >= 15 is 0 Å². The smallest absolute Gasteiger partial charge is 0.253 e. The van der Waals surface area contributed by atoms with E-state index in [0.717, 1.165) is 28.8 Å². The van der Waals surface area contributed by atoms with Crippen molar-refractivity contribution in [3.05, 3.63) is 59.4 Å². The third-order valence-corrected chi connectivity index (χ3v) is 5.98. The SMILES string of the molecule is Cc1cc(C)cc(C(=O)N2CC[C@]3(C2)CN(c2cccnc2)C(=O)CN3C)c1. The Morgan fingerprint density at radius 2 is 1.89 bits per heavy atom. The number of anilines is 1. The largest absolute Gasteiger partial charge is 0.337 e. The number of aryl methyl sites for hydroxylation is 2. The number of aromatic nitrogens is 1. The quantitative estimate of drug-likeness (QED) is 0.804. The normalized spacial score (nSPS) is 22.9. The molecule has 1 aromatic heterocycles. The van der Waals surface area contributed by atoms with Gasteiger partial charge >= 0.3 is 0 Å². The van der Waals surface area contributed by atoms with Crippen LogP contribution in [0.25, 0.3) is 0 Å². The van der Waals surface area contributed by atoms with Crippen LogP contribution in [0.1, 0.15) is 27.9 Å². The molecule has 28 heavy (non-hydrogen) atoms. The maximum absolute atomic E-state index is 13.1. The van der Waals surface area contributed by atoms with Gasteiger partial charge in [-0.2, -0.15) is 0 Å². The minimum absolute atomic E-state index is 0.0696. The molecule has 6 nitrogen and oxygen atoms in total. The summed E-state index contributed by atoms with van der Waals surface area (Å²) in [4.78, 5) is 35.8. The summed E-state index contributed by atoms with van der Waals surface area (Å²) >= 11 is 0. The van der Waals surface area contributed by atoms with Gasteiger partial charge in [-0.3, -0.25) is 19.5 Å². The highest BCUT2D eigenvalue weighted by Crippen LogP contribution is 2.34. The van der Waals surface area contributed by atoms with Crippen molar-refractivity contribution >= 4 is 17.5 Å². The predicted octanol–water partition coefficient (Wildman–Crippen LogP) is 2.26. The summed E-state index contributed by atoms with van der Waals surface area (Å²) < 4.78 is 0. The Kier molecular flexibility index (Phi) is 4.67. The fourth-order valence-corrected chi connectivity index (χ4v) is 4.46. The zero-order chi connectivity index (χ0) is 19.9. The Hall–Kier alpha value is -2.73. The van der Waals surface area contributed by atoms with E-state index in [4.69, 9.17) is 0 Å². The topological polar surface area (TPSA) is 56.8 Å². The van der Waals surface area contributed by atoms with Crippen LogP contribution in [0.3, 0.4) is 0 Å². The second-order valence-electron chi connectivity index (χ2n) is 8.12. The monoisotopic (exact) mass is 378 g/mol. The summed E-state index contributed by atoms with van der Waals surface area (Å²) in [7, 11) is 1.99. The number of carbonyl (C=O) groups is 2. The number of rotatable bonds is 2. The average molecular weight is 378 g/mol. The molecule has 2 fully saturated rings. The molecule has 2 amide bonds. The lowest BCUT2D eigenvalue weighted by Gasteiger charge is -2.46. The number of nitrogens with zero attached hydrogens (tertiary/aromatic N) is 4. The molecule has 146 valence electrons. The molecule has 0 unspecified atom stereocenters. The number of hydrogen-bond acceptors (Lipinski definition) is 4.